The van der Waals surface area contributed by atoms with Crippen molar-refractivity contribution < 1.29 is 23.8 Å². The highest BCUT2D eigenvalue weighted by molar-refractivity contribution is 5.84. The second-order valence-corrected chi connectivity index (χ2v) is 7.65. The van der Waals surface area contributed by atoms with Crippen molar-refractivity contribution in [2.75, 3.05) is 7.11 Å². The van der Waals surface area contributed by atoms with Crippen LogP contribution in [0.15, 0.2) is 24.3 Å². The summed E-state index contributed by atoms with van der Waals surface area (Å²) in [5, 5.41) is 0. The van der Waals surface area contributed by atoms with Gasteiger partial charge >= 0.3 is 11.9 Å². The average molecular weight is 336 g/mol. The van der Waals surface area contributed by atoms with Crippen LogP contribution in [0.5, 0.6) is 5.75 Å². The van der Waals surface area contributed by atoms with Gasteiger partial charge in [-0.1, -0.05) is 12.1 Å². The van der Waals surface area contributed by atoms with Crippen LogP contribution in [0, 0.1) is 0 Å². The lowest BCUT2D eigenvalue weighted by atomic mass is 9.95. The van der Waals surface area contributed by atoms with E-state index in [0.717, 1.165) is 0 Å². The molecule has 0 radical (unpaired) electrons. The Morgan fingerprint density at radius 3 is 1.83 bits per heavy atom. The van der Waals surface area contributed by atoms with Crippen LogP contribution in [0.2, 0.25) is 0 Å². The SMILES string of the molecule is COc1ccc([C@H](CC(=O)OC(C)(C)C)C(=O)OC(C)(C)C)cc1. The van der Waals surface area contributed by atoms with Crippen LogP contribution in [0.3, 0.4) is 0 Å². The highest BCUT2D eigenvalue weighted by Crippen LogP contribution is 2.27. The van der Waals surface area contributed by atoms with Crippen molar-refractivity contribution in [2.24, 2.45) is 0 Å². The molecule has 0 bridgehead atoms. The Morgan fingerprint density at radius 2 is 1.42 bits per heavy atom. The van der Waals surface area contributed by atoms with Crippen LogP contribution in [0.25, 0.3) is 0 Å². The summed E-state index contributed by atoms with van der Waals surface area (Å²) in [6, 6.07) is 7.03. The summed E-state index contributed by atoms with van der Waals surface area (Å²) < 4.78 is 15.9. The number of carbonyl (C=O) groups excluding carboxylic acids is 2. The fourth-order valence-corrected chi connectivity index (χ4v) is 2.10. The molecule has 0 saturated heterocycles. The fraction of sp³-hybridized carbons (Fsp3) is 0.579. The standard InChI is InChI=1S/C19H28O5/c1-18(2,3)23-16(20)12-15(17(21)24-19(4,5)6)13-8-10-14(22-7)11-9-13/h8-11,15H,12H2,1-7H3/t15-/m0/s1. The first-order valence-electron chi connectivity index (χ1n) is 8.00. The molecule has 0 spiro atoms. The molecule has 0 saturated carbocycles. The molecule has 0 aliphatic heterocycles. The zero-order valence-corrected chi connectivity index (χ0v) is 15.6. The molecule has 5 heteroatoms. The van der Waals surface area contributed by atoms with E-state index in [-0.39, 0.29) is 6.42 Å². The van der Waals surface area contributed by atoms with Gasteiger partial charge in [-0.15, -0.1) is 0 Å². The highest BCUT2D eigenvalue weighted by Gasteiger charge is 2.30. The van der Waals surface area contributed by atoms with E-state index >= 15 is 0 Å². The summed E-state index contributed by atoms with van der Waals surface area (Å²) >= 11 is 0. The molecule has 0 heterocycles. The van der Waals surface area contributed by atoms with E-state index in [1.165, 1.54) is 0 Å². The first-order chi connectivity index (χ1) is 10.9. The van der Waals surface area contributed by atoms with E-state index in [9.17, 15) is 9.59 Å². The topological polar surface area (TPSA) is 61.8 Å². The molecular formula is C19H28O5. The lowest BCUT2D eigenvalue weighted by Crippen LogP contribution is -2.31. The Hall–Kier alpha value is -2.04. The van der Waals surface area contributed by atoms with Gasteiger partial charge in [0.05, 0.1) is 19.4 Å². The number of carbonyl (C=O) groups is 2. The maximum atomic E-state index is 12.6. The number of esters is 2. The highest BCUT2D eigenvalue weighted by atomic mass is 16.6. The summed E-state index contributed by atoms with van der Waals surface area (Å²) in [5.41, 5.74) is -0.540. The van der Waals surface area contributed by atoms with Gasteiger partial charge < -0.3 is 14.2 Å². The minimum absolute atomic E-state index is 0.0709. The normalized spacial score (nSPS) is 13.1. The predicted octanol–water partition coefficient (Wildman–Crippen LogP) is 3.85. The van der Waals surface area contributed by atoms with Crippen LogP contribution >= 0.6 is 0 Å². The van der Waals surface area contributed by atoms with Crippen LogP contribution in [-0.4, -0.2) is 30.3 Å². The van der Waals surface area contributed by atoms with Gasteiger partial charge in [-0.25, -0.2) is 0 Å². The van der Waals surface area contributed by atoms with Crippen molar-refractivity contribution in [3.05, 3.63) is 29.8 Å². The lowest BCUT2D eigenvalue weighted by molar-refractivity contribution is -0.164. The van der Waals surface area contributed by atoms with Crippen LogP contribution in [0.1, 0.15) is 59.4 Å². The second kappa shape index (κ2) is 7.69. The van der Waals surface area contributed by atoms with E-state index in [0.29, 0.717) is 11.3 Å². The molecule has 0 aliphatic carbocycles. The molecule has 1 aromatic rings. The molecule has 5 nitrogen and oxygen atoms in total. The van der Waals surface area contributed by atoms with Crippen molar-refractivity contribution >= 4 is 11.9 Å². The Morgan fingerprint density at radius 1 is 0.917 bits per heavy atom. The largest absolute Gasteiger partial charge is 0.497 e. The Bertz CT molecular complexity index is 561. The molecule has 24 heavy (non-hydrogen) atoms. The first kappa shape index (κ1) is 20.0. The Kier molecular flexibility index (Phi) is 6.41. The Balaban J connectivity index is 3.02. The van der Waals surface area contributed by atoms with Gasteiger partial charge in [-0.3, -0.25) is 9.59 Å². The van der Waals surface area contributed by atoms with E-state index in [1.807, 2.05) is 0 Å². The van der Waals surface area contributed by atoms with Crippen molar-refractivity contribution in [1.29, 1.82) is 0 Å². The van der Waals surface area contributed by atoms with Crippen LogP contribution < -0.4 is 4.74 Å². The third-order valence-electron chi connectivity index (χ3n) is 3.00. The molecule has 1 atom stereocenters. The molecule has 0 N–H and O–H groups in total. The van der Waals surface area contributed by atoms with Gasteiger partial charge in [0, 0.05) is 0 Å². The fourth-order valence-electron chi connectivity index (χ4n) is 2.10. The molecule has 134 valence electrons. The maximum Gasteiger partial charge on any atom is 0.314 e. The van der Waals surface area contributed by atoms with Crippen LogP contribution in [0.4, 0.5) is 0 Å². The van der Waals surface area contributed by atoms with Gasteiger partial charge in [0.2, 0.25) is 0 Å². The third kappa shape index (κ3) is 7.02. The van der Waals surface area contributed by atoms with Gasteiger partial charge in [-0.05, 0) is 59.2 Å². The number of ether oxygens (including phenoxy) is 3. The summed E-state index contributed by atoms with van der Waals surface area (Å²) in [6.07, 6.45) is -0.0709. The Labute approximate surface area is 144 Å². The number of benzene rings is 1. The summed E-state index contributed by atoms with van der Waals surface area (Å²) in [6.45, 7) is 10.8. The van der Waals surface area contributed by atoms with Crippen molar-refractivity contribution in [2.45, 2.75) is 65.1 Å². The monoisotopic (exact) mass is 336 g/mol. The maximum absolute atomic E-state index is 12.6. The quantitative estimate of drug-likeness (QED) is 0.764. The molecule has 0 fully saturated rings. The summed E-state index contributed by atoms with van der Waals surface area (Å²) in [7, 11) is 1.57. The second-order valence-electron chi connectivity index (χ2n) is 7.65. The zero-order valence-electron chi connectivity index (χ0n) is 15.6. The average Bonchev–Trinajstić information content (AvgIpc) is 2.41. The lowest BCUT2D eigenvalue weighted by Gasteiger charge is -2.25. The minimum Gasteiger partial charge on any atom is -0.497 e. The number of hydrogen-bond donors (Lipinski definition) is 0. The third-order valence-corrected chi connectivity index (χ3v) is 3.00. The number of hydrogen-bond acceptors (Lipinski definition) is 5. The summed E-state index contributed by atoms with van der Waals surface area (Å²) in [4.78, 5) is 24.7. The number of methoxy groups -OCH3 is 1. The van der Waals surface area contributed by atoms with Gasteiger partial charge in [0.1, 0.15) is 17.0 Å². The minimum atomic E-state index is -0.718. The molecule has 1 aromatic carbocycles. The van der Waals surface area contributed by atoms with Gasteiger partial charge in [-0.2, -0.15) is 0 Å². The summed E-state index contributed by atoms with van der Waals surface area (Å²) in [5.74, 6) is -0.920. The van der Waals surface area contributed by atoms with E-state index < -0.39 is 29.1 Å². The van der Waals surface area contributed by atoms with Crippen LogP contribution in [-0.2, 0) is 19.1 Å². The molecule has 0 amide bonds. The molecule has 0 unspecified atom stereocenters. The molecule has 0 aliphatic rings. The molecule has 0 aromatic heterocycles. The zero-order chi connectivity index (χ0) is 18.5. The van der Waals surface area contributed by atoms with Gasteiger partial charge in [0.15, 0.2) is 0 Å². The number of rotatable bonds is 5. The van der Waals surface area contributed by atoms with E-state index in [4.69, 9.17) is 14.2 Å². The van der Waals surface area contributed by atoms with E-state index in [1.54, 1.807) is 72.9 Å². The van der Waals surface area contributed by atoms with Crippen molar-refractivity contribution in [1.82, 2.24) is 0 Å². The predicted molar refractivity (Wildman–Crippen MR) is 92.0 cm³/mol. The first-order valence-corrected chi connectivity index (χ1v) is 8.00. The van der Waals surface area contributed by atoms with E-state index in [2.05, 4.69) is 0 Å². The van der Waals surface area contributed by atoms with Crippen molar-refractivity contribution in [3.63, 3.8) is 0 Å². The van der Waals surface area contributed by atoms with Gasteiger partial charge in [0.25, 0.3) is 0 Å². The van der Waals surface area contributed by atoms with Crippen molar-refractivity contribution in [3.8, 4) is 5.75 Å². The molecular weight excluding hydrogens is 308 g/mol. The smallest absolute Gasteiger partial charge is 0.314 e. The molecule has 1 rings (SSSR count).